The summed E-state index contributed by atoms with van der Waals surface area (Å²) < 4.78 is 5.57. The Morgan fingerprint density at radius 3 is 2.67 bits per heavy atom. The third-order valence-electron chi connectivity index (χ3n) is 3.65. The van der Waals surface area contributed by atoms with Gasteiger partial charge < -0.3 is 15.2 Å². The molecule has 114 valence electrons. The van der Waals surface area contributed by atoms with Crippen LogP contribution in [0.15, 0.2) is 30.3 Å². The van der Waals surface area contributed by atoms with Gasteiger partial charge in [-0.25, -0.2) is 4.79 Å². The first-order valence-corrected chi connectivity index (χ1v) is 7.35. The normalized spacial score (nSPS) is 19.7. The second-order valence-electron chi connectivity index (χ2n) is 5.28. The van der Waals surface area contributed by atoms with Crippen LogP contribution in [0.3, 0.4) is 0 Å². The molecule has 2 N–H and O–H groups in total. The minimum absolute atomic E-state index is 0.129. The SMILES string of the molecule is O=C(CCC1CCCCO1)N[C@@H](C(=O)O)c1ccccc1. The van der Waals surface area contributed by atoms with E-state index >= 15 is 0 Å². The number of rotatable bonds is 6. The highest BCUT2D eigenvalue weighted by Crippen LogP contribution is 2.18. The Morgan fingerprint density at radius 2 is 2.05 bits per heavy atom. The lowest BCUT2D eigenvalue weighted by molar-refractivity contribution is -0.142. The van der Waals surface area contributed by atoms with Gasteiger partial charge >= 0.3 is 5.97 Å². The molecule has 1 aliphatic heterocycles. The van der Waals surface area contributed by atoms with Crippen molar-refractivity contribution >= 4 is 11.9 Å². The predicted octanol–water partition coefficient (Wildman–Crippen LogP) is 2.28. The molecule has 0 aromatic heterocycles. The van der Waals surface area contributed by atoms with Crippen LogP contribution in [0.2, 0.25) is 0 Å². The molecule has 0 spiro atoms. The fraction of sp³-hybridized carbons (Fsp3) is 0.500. The summed E-state index contributed by atoms with van der Waals surface area (Å²) in [5, 5.41) is 11.8. The number of nitrogens with one attached hydrogen (secondary N) is 1. The summed E-state index contributed by atoms with van der Waals surface area (Å²) in [6, 6.07) is 7.73. The monoisotopic (exact) mass is 291 g/mol. The average molecular weight is 291 g/mol. The summed E-state index contributed by atoms with van der Waals surface area (Å²) in [5.74, 6) is -1.30. The van der Waals surface area contributed by atoms with E-state index in [1.54, 1.807) is 24.3 Å². The standard InChI is InChI=1S/C16H21NO4/c18-14(10-9-13-8-4-5-11-21-13)17-15(16(19)20)12-6-2-1-3-7-12/h1-3,6-7,13,15H,4-5,8-11H2,(H,17,18)(H,19,20)/t13?,15-/m1/s1. The van der Waals surface area contributed by atoms with Gasteiger partial charge in [-0.1, -0.05) is 30.3 Å². The first-order chi connectivity index (χ1) is 10.2. The van der Waals surface area contributed by atoms with Crippen molar-refractivity contribution < 1.29 is 19.4 Å². The molecule has 1 unspecified atom stereocenters. The molecule has 0 bridgehead atoms. The molecule has 1 amide bonds. The van der Waals surface area contributed by atoms with Gasteiger partial charge in [-0.3, -0.25) is 4.79 Å². The van der Waals surface area contributed by atoms with E-state index in [-0.39, 0.29) is 12.0 Å². The fourth-order valence-corrected chi connectivity index (χ4v) is 2.49. The first kappa shape index (κ1) is 15.5. The molecule has 1 heterocycles. The van der Waals surface area contributed by atoms with Crippen LogP contribution in [-0.2, 0) is 14.3 Å². The van der Waals surface area contributed by atoms with Crippen molar-refractivity contribution in [1.29, 1.82) is 0 Å². The number of aliphatic carboxylic acids is 1. The summed E-state index contributed by atoms with van der Waals surface area (Å²) in [4.78, 5) is 23.2. The van der Waals surface area contributed by atoms with Gasteiger partial charge in [0.05, 0.1) is 6.10 Å². The molecule has 0 aliphatic carbocycles. The van der Waals surface area contributed by atoms with Gasteiger partial charge in [0.15, 0.2) is 6.04 Å². The Labute approximate surface area is 124 Å². The molecule has 1 saturated heterocycles. The van der Waals surface area contributed by atoms with Crippen LogP contribution in [0.1, 0.15) is 43.7 Å². The zero-order valence-corrected chi connectivity index (χ0v) is 12.0. The van der Waals surface area contributed by atoms with Crippen LogP contribution < -0.4 is 5.32 Å². The second-order valence-corrected chi connectivity index (χ2v) is 5.28. The number of hydrogen-bond acceptors (Lipinski definition) is 3. The number of carbonyl (C=O) groups is 2. The van der Waals surface area contributed by atoms with Crippen LogP contribution in [-0.4, -0.2) is 29.7 Å². The molecule has 1 aliphatic rings. The number of ether oxygens (including phenoxy) is 1. The van der Waals surface area contributed by atoms with Gasteiger partial charge in [-0.05, 0) is 31.2 Å². The Balaban J connectivity index is 1.85. The van der Waals surface area contributed by atoms with Gasteiger partial charge in [0, 0.05) is 13.0 Å². The Morgan fingerprint density at radius 1 is 1.29 bits per heavy atom. The van der Waals surface area contributed by atoms with E-state index in [4.69, 9.17) is 4.74 Å². The summed E-state index contributed by atoms with van der Waals surface area (Å²) in [6.07, 6.45) is 4.26. The molecule has 1 aromatic carbocycles. The highest BCUT2D eigenvalue weighted by Gasteiger charge is 2.22. The molecule has 0 radical (unpaired) electrons. The van der Waals surface area contributed by atoms with Crippen molar-refractivity contribution in [3.63, 3.8) is 0 Å². The number of benzene rings is 1. The maximum Gasteiger partial charge on any atom is 0.330 e. The second kappa shape index (κ2) is 7.78. The molecule has 2 atom stereocenters. The Kier molecular flexibility index (Phi) is 5.75. The number of carbonyl (C=O) groups excluding carboxylic acids is 1. The van der Waals surface area contributed by atoms with Crippen molar-refractivity contribution in [2.45, 2.75) is 44.2 Å². The van der Waals surface area contributed by atoms with E-state index in [1.807, 2.05) is 6.07 Å². The summed E-state index contributed by atoms with van der Waals surface area (Å²) in [6.45, 7) is 0.758. The number of hydrogen-bond donors (Lipinski definition) is 2. The van der Waals surface area contributed by atoms with E-state index < -0.39 is 12.0 Å². The molecule has 1 fully saturated rings. The molecular weight excluding hydrogens is 270 g/mol. The topological polar surface area (TPSA) is 75.6 Å². The third-order valence-corrected chi connectivity index (χ3v) is 3.65. The van der Waals surface area contributed by atoms with Crippen molar-refractivity contribution in [3.05, 3.63) is 35.9 Å². The zero-order valence-electron chi connectivity index (χ0n) is 12.0. The van der Waals surface area contributed by atoms with Gasteiger partial charge in [-0.2, -0.15) is 0 Å². The van der Waals surface area contributed by atoms with Crippen LogP contribution in [0, 0.1) is 0 Å². The summed E-state index contributed by atoms with van der Waals surface area (Å²) in [5.41, 5.74) is 0.576. The van der Waals surface area contributed by atoms with E-state index in [9.17, 15) is 14.7 Å². The third kappa shape index (κ3) is 4.86. The number of carboxylic acids is 1. The lowest BCUT2D eigenvalue weighted by Gasteiger charge is -2.22. The van der Waals surface area contributed by atoms with Crippen LogP contribution in [0.5, 0.6) is 0 Å². The molecular formula is C16H21NO4. The van der Waals surface area contributed by atoms with Crippen LogP contribution >= 0.6 is 0 Å². The molecule has 21 heavy (non-hydrogen) atoms. The maximum atomic E-state index is 11.9. The van der Waals surface area contributed by atoms with Crippen molar-refractivity contribution in [1.82, 2.24) is 5.32 Å². The summed E-state index contributed by atoms with van der Waals surface area (Å²) >= 11 is 0. The average Bonchev–Trinajstić information content (AvgIpc) is 2.52. The van der Waals surface area contributed by atoms with E-state index in [2.05, 4.69) is 5.32 Å². The highest BCUT2D eigenvalue weighted by molar-refractivity contribution is 5.84. The van der Waals surface area contributed by atoms with E-state index in [0.29, 0.717) is 18.4 Å². The van der Waals surface area contributed by atoms with Gasteiger partial charge in [0.1, 0.15) is 0 Å². The molecule has 0 saturated carbocycles. The minimum Gasteiger partial charge on any atom is -0.479 e. The zero-order chi connectivity index (χ0) is 15.1. The Bertz CT molecular complexity index is 468. The van der Waals surface area contributed by atoms with Crippen molar-refractivity contribution in [2.24, 2.45) is 0 Å². The lowest BCUT2D eigenvalue weighted by atomic mass is 10.0. The van der Waals surface area contributed by atoms with Gasteiger partial charge in [0.2, 0.25) is 5.91 Å². The smallest absolute Gasteiger partial charge is 0.330 e. The van der Waals surface area contributed by atoms with E-state index in [1.165, 1.54) is 0 Å². The minimum atomic E-state index is -1.05. The quantitative estimate of drug-likeness (QED) is 0.843. The van der Waals surface area contributed by atoms with Crippen molar-refractivity contribution in [3.8, 4) is 0 Å². The van der Waals surface area contributed by atoms with Crippen molar-refractivity contribution in [2.75, 3.05) is 6.61 Å². The first-order valence-electron chi connectivity index (χ1n) is 7.35. The molecule has 1 aromatic rings. The van der Waals surface area contributed by atoms with Crippen LogP contribution in [0.25, 0.3) is 0 Å². The molecule has 5 nitrogen and oxygen atoms in total. The molecule has 2 rings (SSSR count). The largest absolute Gasteiger partial charge is 0.479 e. The Hall–Kier alpha value is -1.88. The van der Waals surface area contributed by atoms with Gasteiger partial charge in [0.25, 0.3) is 0 Å². The number of amides is 1. The molecule has 5 heteroatoms. The number of carboxylic acid groups (broad SMARTS) is 1. The van der Waals surface area contributed by atoms with Crippen LogP contribution in [0.4, 0.5) is 0 Å². The fourth-order valence-electron chi connectivity index (χ4n) is 2.49. The van der Waals surface area contributed by atoms with Gasteiger partial charge in [-0.15, -0.1) is 0 Å². The lowest BCUT2D eigenvalue weighted by Crippen LogP contribution is -2.34. The predicted molar refractivity (Wildman–Crippen MR) is 77.8 cm³/mol. The maximum absolute atomic E-state index is 11.9. The highest BCUT2D eigenvalue weighted by atomic mass is 16.5. The van der Waals surface area contributed by atoms with E-state index in [0.717, 1.165) is 25.9 Å². The summed E-state index contributed by atoms with van der Waals surface area (Å²) in [7, 11) is 0.